The second-order valence-electron chi connectivity index (χ2n) is 6.88. The molecule has 9 nitrogen and oxygen atoms in total. The minimum atomic E-state index is -0.975. The van der Waals surface area contributed by atoms with E-state index in [4.69, 9.17) is 14.5 Å². The first-order valence-electron chi connectivity index (χ1n) is 9.45. The monoisotopic (exact) mass is 455 g/mol. The third-order valence-corrected chi connectivity index (χ3v) is 4.78. The highest BCUT2D eigenvalue weighted by atomic mass is 35.5. The van der Waals surface area contributed by atoms with Gasteiger partial charge in [-0.05, 0) is 18.2 Å². The number of carboxylic acid groups (broad SMARTS) is 1. The molecule has 0 bridgehead atoms. The molecule has 0 atom stereocenters. The average molecular weight is 456 g/mol. The third-order valence-electron chi connectivity index (χ3n) is 4.78. The molecule has 0 aliphatic heterocycles. The van der Waals surface area contributed by atoms with Crippen LogP contribution in [-0.4, -0.2) is 51.6 Å². The highest BCUT2D eigenvalue weighted by molar-refractivity contribution is 5.86. The highest BCUT2D eigenvalue weighted by Gasteiger charge is 2.17. The number of anilines is 2. The molecule has 1 N–H and O–H groups in total. The number of rotatable bonds is 7. The van der Waals surface area contributed by atoms with Gasteiger partial charge in [-0.15, -0.1) is 12.4 Å². The van der Waals surface area contributed by atoms with Gasteiger partial charge < -0.3 is 19.5 Å². The number of aliphatic carboxylic acids is 1. The maximum Gasteiger partial charge on any atom is 0.323 e. The second kappa shape index (κ2) is 9.52. The minimum absolute atomic E-state index is 0. The van der Waals surface area contributed by atoms with Gasteiger partial charge in [-0.2, -0.15) is 5.10 Å². The number of benzene rings is 2. The molecule has 2 heterocycles. The fourth-order valence-corrected chi connectivity index (χ4v) is 3.28. The van der Waals surface area contributed by atoms with Crippen molar-refractivity contribution >= 4 is 40.8 Å². The predicted octanol–water partition coefficient (Wildman–Crippen LogP) is 3.69. The minimum Gasteiger partial charge on any atom is -0.497 e. The second-order valence-corrected chi connectivity index (χ2v) is 6.88. The Morgan fingerprint density at radius 3 is 2.34 bits per heavy atom. The quantitative estimate of drug-likeness (QED) is 0.450. The fraction of sp³-hybridized carbons (Fsp3) is 0.182. The molecule has 166 valence electrons. The Labute approximate surface area is 190 Å². The van der Waals surface area contributed by atoms with Crippen LogP contribution in [0.5, 0.6) is 11.5 Å². The Morgan fingerprint density at radius 2 is 1.75 bits per heavy atom. The molecular formula is C22H22ClN5O4. The van der Waals surface area contributed by atoms with E-state index in [1.807, 2.05) is 31.4 Å². The average Bonchev–Trinajstić information content (AvgIpc) is 3.22. The molecule has 4 aromatic rings. The SMILES string of the molecule is COc1cc(OC)cc(N(CC(=O)O)c2ccc3ncc(-c4cnn(C)c4)nc3c2)c1.Cl. The molecule has 0 amide bonds. The fourth-order valence-electron chi connectivity index (χ4n) is 3.28. The Morgan fingerprint density at radius 1 is 1.03 bits per heavy atom. The van der Waals surface area contributed by atoms with Crippen LogP contribution >= 0.6 is 12.4 Å². The van der Waals surface area contributed by atoms with Gasteiger partial charge in [0.2, 0.25) is 0 Å². The zero-order valence-electron chi connectivity index (χ0n) is 17.7. The van der Waals surface area contributed by atoms with Crippen LogP contribution in [0.15, 0.2) is 55.0 Å². The van der Waals surface area contributed by atoms with E-state index in [1.54, 1.807) is 54.4 Å². The number of hydrogen-bond acceptors (Lipinski definition) is 7. The lowest BCUT2D eigenvalue weighted by Gasteiger charge is -2.24. The summed E-state index contributed by atoms with van der Waals surface area (Å²) < 4.78 is 12.4. The van der Waals surface area contributed by atoms with Crippen LogP contribution < -0.4 is 14.4 Å². The van der Waals surface area contributed by atoms with Crippen molar-refractivity contribution in [2.75, 3.05) is 25.7 Å². The normalized spacial score (nSPS) is 10.5. The van der Waals surface area contributed by atoms with E-state index in [1.165, 1.54) is 0 Å². The van der Waals surface area contributed by atoms with Crippen LogP contribution in [0.3, 0.4) is 0 Å². The van der Waals surface area contributed by atoms with E-state index in [2.05, 4.69) is 10.1 Å². The number of methoxy groups -OCH3 is 2. The van der Waals surface area contributed by atoms with Crippen molar-refractivity contribution in [3.8, 4) is 22.8 Å². The third kappa shape index (κ3) is 4.73. The Hall–Kier alpha value is -3.85. The molecule has 32 heavy (non-hydrogen) atoms. The highest BCUT2D eigenvalue weighted by Crippen LogP contribution is 2.34. The molecule has 0 saturated carbocycles. The van der Waals surface area contributed by atoms with Crippen molar-refractivity contribution in [1.29, 1.82) is 0 Å². The summed E-state index contributed by atoms with van der Waals surface area (Å²) in [6, 6.07) is 10.7. The number of halogens is 1. The first-order chi connectivity index (χ1) is 15.0. The van der Waals surface area contributed by atoms with E-state index in [-0.39, 0.29) is 19.0 Å². The summed E-state index contributed by atoms with van der Waals surface area (Å²) in [5.74, 6) is 0.144. The van der Waals surface area contributed by atoms with Crippen molar-refractivity contribution < 1.29 is 19.4 Å². The van der Waals surface area contributed by atoms with Crippen molar-refractivity contribution in [3.63, 3.8) is 0 Å². The molecule has 0 fully saturated rings. The van der Waals surface area contributed by atoms with Gasteiger partial charge in [-0.1, -0.05) is 0 Å². The summed E-state index contributed by atoms with van der Waals surface area (Å²) in [7, 11) is 4.93. The van der Waals surface area contributed by atoms with Crippen molar-refractivity contribution in [1.82, 2.24) is 19.7 Å². The van der Waals surface area contributed by atoms with Gasteiger partial charge in [0.05, 0.1) is 43.3 Å². The van der Waals surface area contributed by atoms with Crippen LogP contribution in [-0.2, 0) is 11.8 Å². The Balaban J connectivity index is 0.00000289. The van der Waals surface area contributed by atoms with E-state index >= 15 is 0 Å². The summed E-state index contributed by atoms with van der Waals surface area (Å²) in [4.78, 5) is 22.5. The maximum absolute atomic E-state index is 11.6. The van der Waals surface area contributed by atoms with Crippen LogP contribution in [0.2, 0.25) is 0 Å². The standard InChI is InChI=1S/C22H21N5O4.ClH/c1-26-12-14(10-24-26)21-11-23-19-5-4-15(8-20(19)25-21)27(13-22(28)29)16-6-17(30-2)9-18(7-16)31-3;/h4-12H,13H2,1-3H3,(H,28,29);1H. The van der Waals surface area contributed by atoms with Gasteiger partial charge in [-0.3, -0.25) is 14.5 Å². The van der Waals surface area contributed by atoms with E-state index in [9.17, 15) is 9.90 Å². The molecule has 10 heteroatoms. The number of fused-ring (bicyclic) bond motifs is 1. The van der Waals surface area contributed by atoms with Gasteiger partial charge in [0, 0.05) is 48.4 Å². The summed E-state index contributed by atoms with van der Waals surface area (Å²) in [6.45, 7) is -0.252. The number of aryl methyl sites for hydroxylation is 1. The summed E-state index contributed by atoms with van der Waals surface area (Å²) >= 11 is 0. The van der Waals surface area contributed by atoms with Crippen molar-refractivity contribution in [2.45, 2.75) is 0 Å². The zero-order chi connectivity index (χ0) is 22.0. The van der Waals surface area contributed by atoms with Gasteiger partial charge in [0.25, 0.3) is 0 Å². The lowest BCUT2D eigenvalue weighted by molar-refractivity contribution is -0.135. The van der Waals surface area contributed by atoms with Crippen LogP contribution in [0, 0.1) is 0 Å². The first-order valence-corrected chi connectivity index (χ1v) is 9.45. The number of carbonyl (C=O) groups is 1. The number of ether oxygens (including phenoxy) is 2. The van der Waals surface area contributed by atoms with Gasteiger partial charge in [-0.25, -0.2) is 4.98 Å². The molecule has 0 spiro atoms. The van der Waals surface area contributed by atoms with Crippen LogP contribution in [0.1, 0.15) is 0 Å². The van der Waals surface area contributed by atoms with Gasteiger partial charge in [0.15, 0.2) is 0 Å². The Kier molecular flexibility index (Phi) is 6.79. The zero-order valence-corrected chi connectivity index (χ0v) is 18.5. The molecule has 0 unspecified atom stereocenters. The summed E-state index contributed by atoms with van der Waals surface area (Å²) in [5, 5.41) is 13.7. The largest absolute Gasteiger partial charge is 0.497 e. The first kappa shape index (κ1) is 22.8. The number of hydrogen-bond donors (Lipinski definition) is 1. The predicted molar refractivity (Wildman–Crippen MR) is 123 cm³/mol. The van der Waals surface area contributed by atoms with Gasteiger partial charge in [0.1, 0.15) is 18.0 Å². The van der Waals surface area contributed by atoms with Crippen LogP contribution in [0.4, 0.5) is 11.4 Å². The molecule has 0 saturated heterocycles. The number of nitrogens with zero attached hydrogens (tertiary/aromatic N) is 5. The smallest absolute Gasteiger partial charge is 0.323 e. The van der Waals surface area contributed by atoms with E-state index in [0.717, 1.165) is 5.56 Å². The lowest BCUT2D eigenvalue weighted by atomic mass is 10.2. The van der Waals surface area contributed by atoms with Crippen molar-refractivity contribution in [3.05, 3.63) is 55.0 Å². The van der Waals surface area contributed by atoms with Gasteiger partial charge >= 0.3 is 5.97 Å². The summed E-state index contributed by atoms with van der Waals surface area (Å²) in [6.07, 6.45) is 5.28. The molecule has 0 radical (unpaired) electrons. The van der Waals surface area contributed by atoms with E-state index < -0.39 is 5.97 Å². The molecule has 0 aliphatic carbocycles. The molecule has 2 aromatic heterocycles. The summed E-state index contributed by atoms with van der Waals surface area (Å²) in [5.41, 5.74) is 4.16. The van der Waals surface area contributed by atoms with E-state index in [0.29, 0.717) is 39.6 Å². The topological polar surface area (TPSA) is 103 Å². The Bertz CT molecular complexity index is 1240. The van der Waals surface area contributed by atoms with Crippen LogP contribution in [0.25, 0.3) is 22.3 Å². The maximum atomic E-state index is 11.6. The molecule has 2 aromatic carbocycles. The molecular weight excluding hydrogens is 434 g/mol. The number of carboxylic acids is 1. The lowest BCUT2D eigenvalue weighted by Crippen LogP contribution is -2.25. The molecule has 0 aliphatic rings. The van der Waals surface area contributed by atoms with Crippen molar-refractivity contribution in [2.24, 2.45) is 7.05 Å². The number of aromatic nitrogens is 4. The molecule has 4 rings (SSSR count).